The Kier molecular flexibility index (Phi) is 57.1. The summed E-state index contributed by atoms with van der Waals surface area (Å²) in [5.74, 6) is 0. The molecule has 12 N–H and O–H groups in total. The zero-order chi connectivity index (χ0) is 34.3. The summed E-state index contributed by atoms with van der Waals surface area (Å²) in [4.78, 5) is 0. The van der Waals surface area contributed by atoms with Gasteiger partial charge in [-0.3, -0.25) is 0 Å². The molecule has 264 valence electrons. The van der Waals surface area contributed by atoms with E-state index in [4.69, 9.17) is 60.1 Å². The third-order valence-electron chi connectivity index (χ3n) is 4.67. The number of hydrogen-bond acceptors (Lipinski definition) is 9. The normalized spacial score (nSPS) is 10.6. The Morgan fingerprint density at radius 2 is 0.452 bits per heavy atom. The van der Waals surface area contributed by atoms with Crippen LogP contribution in [0.4, 0.5) is 0 Å². The molecular formula is C24H63Mo3N3O12. The molecule has 0 fully saturated rings. The van der Waals surface area contributed by atoms with Gasteiger partial charge in [0.25, 0.3) is 0 Å². The summed E-state index contributed by atoms with van der Waals surface area (Å²) in [5.41, 5.74) is 16.0. The van der Waals surface area contributed by atoms with Crippen LogP contribution in [-0.2, 0) is 70.6 Å². The number of unbranched alkanes of at least 4 members (excludes halogenated alkanes) is 15. The summed E-state index contributed by atoms with van der Waals surface area (Å²) >= 11 is -16.6. The molecular weight excluding hydrogens is 810 g/mol. The molecule has 0 unspecified atom stereocenters. The van der Waals surface area contributed by atoms with E-state index in [0.29, 0.717) is 0 Å². The van der Waals surface area contributed by atoms with Crippen molar-refractivity contribution >= 4 is 0 Å². The molecule has 15 nitrogen and oxygen atoms in total. The fraction of sp³-hybridized carbons (Fsp3) is 1.00. The SMILES string of the molecule is CCCCCCCCN.CCCCCCCCN.CCCCCCCCN.[O]=[Mo](=[O])([OH])[OH].[O]=[Mo](=[O])([OH])[OH].[O]=[Mo](=[O])([OH])[OH]. The summed E-state index contributed by atoms with van der Waals surface area (Å²) in [7, 11) is 0. The maximum atomic E-state index is 8.85. The van der Waals surface area contributed by atoms with Crippen LogP contribution in [0.2, 0.25) is 0 Å². The minimum absolute atomic E-state index is 0.867. The molecule has 0 radical (unpaired) electrons. The number of nitrogens with two attached hydrogens (primary N) is 3. The van der Waals surface area contributed by atoms with Crippen molar-refractivity contribution in [3.8, 4) is 0 Å². The number of rotatable bonds is 18. The van der Waals surface area contributed by atoms with Crippen LogP contribution in [0.1, 0.15) is 136 Å². The van der Waals surface area contributed by atoms with E-state index in [1.807, 2.05) is 0 Å². The molecule has 0 rings (SSSR count). The quantitative estimate of drug-likeness (QED) is 0.0707. The van der Waals surface area contributed by atoms with Crippen LogP contribution in [0.15, 0.2) is 0 Å². The molecule has 0 aliphatic heterocycles. The van der Waals surface area contributed by atoms with E-state index >= 15 is 0 Å². The van der Waals surface area contributed by atoms with E-state index in [1.54, 1.807) is 0 Å². The molecule has 0 atom stereocenters. The van der Waals surface area contributed by atoms with E-state index in [1.165, 1.54) is 116 Å². The van der Waals surface area contributed by atoms with Crippen molar-refractivity contribution in [2.24, 2.45) is 17.2 Å². The molecule has 0 amide bonds. The van der Waals surface area contributed by atoms with Gasteiger partial charge in [0.2, 0.25) is 0 Å². The minimum atomic E-state index is -5.52. The summed E-state index contributed by atoms with van der Waals surface area (Å²) < 4.78 is 96.0. The molecule has 42 heavy (non-hydrogen) atoms. The van der Waals surface area contributed by atoms with Crippen molar-refractivity contribution in [2.75, 3.05) is 19.6 Å². The van der Waals surface area contributed by atoms with E-state index in [2.05, 4.69) is 20.8 Å². The third-order valence-corrected chi connectivity index (χ3v) is 4.67. The Hall–Kier alpha value is 0.505. The van der Waals surface area contributed by atoms with E-state index in [9.17, 15) is 0 Å². The van der Waals surface area contributed by atoms with E-state index in [-0.39, 0.29) is 0 Å². The molecule has 0 spiro atoms. The van der Waals surface area contributed by atoms with Crippen LogP contribution in [0.25, 0.3) is 0 Å². The van der Waals surface area contributed by atoms with Crippen LogP contribution in [0, 0.1) is 0 Å². The van der Waals surface area contributed by atoms with Gasteiger partial charge in [0.05, 0.1) is 0 Å². The van der Waals surface area contributed by atoms with Crippen molar-refractivity contribution < 1.29 is 93.2 Å². The zero-order valence-electron chi connectivity index (χ0n) is 25.9. The second-order valence-corrected chi connectivity index (χ2v) is 15.6. The second kappa shape index (κ2) is 43.6. The Labute approximate surface area is 264 Å². The average molecular weight is 874 g/mol. The first-order valence-electron chi connectivity index (χ1n) is 14.4. The molecule has 0 heterocycles. The maximum absolute atomic E-state index is 8.85. The van der Waals surface area contributed by atoms with Crippen LogP contribution >= 0.6 is 0 Å². The van der Waals surface area contributed by atoms with Crippen LogP contribution in [0.3, 0.4) is 0 Å². The van der Waals surface area contributed by atoms with Crippen molar-refractivity contribution in [3.63, 3.8) is 0 Å². The molecule has 0 saturated heterocycles. The first-order valence-corrected chi connectivity index (χ1v) is 24.7. The summed E-state index contributed by atoms with van der Waals surface area (Å²) in [5, 5.41) is 0. The molecule has 0 aliphatic rings. The van der Waals surface area contributed by atoms with Crippen LogP contribution in [-0.4, -0.2) is 42.2 Å². The summed E-state index contributed by atoms with van der Waals surface area (Å²) in [6.45, 7) is 9.32. The van der Waals surface area contributed by atoms with Gasteiger partial charge >= 0.3 is 93.2 Å². The van der Waals surface area contributed by atoms with E-state index in [0.717, 1.165) is 19.6 Å². The Morgan fingerprint density at radius 3 is 0.571 bits per heavy atom. The topological polar surface area (TPSA) is 302 Å². The molecule has 0 bridgehead atoms. The van der Waals surface area contributed by atoms with Gasteiger partial charge in [-0.15, -0.1) is 0 Å². The Balaban J connectivity index is -0.0000000946. The van der Waals surface area contributed by atoms with Crippen molar-refractivity contribution in [3.05, 3.63) is 0 Å². The molecule has 0 saturated carbocycles. The van der Waals surface area contributed by atoms with Gasteiger partial charge in [-0.05, 0) is 38.9 Å². The first kappa shape index (κ1) is 54.9. The van der Waals surface area contributed by atoms with Crippen molar-refractivity contribution in [1.82, 2.24) is 0 Å². The first-order chi connectivity index (χ1) is 19.2. The predicted molar refractivity (Wildman–Crippen MR) is 145 cm³/mol. The number of hydrogen-bond donors (Lipinski definition) is 9. The molecule has 0 aliphatic carbocycles. The Bertz CT molecular complexity index is 637. The molecule has 0 aromatic carbocycles. The third kappa shape index (κ3) is 185. The van der Waals surface area contributed by atoms with Crippen molar-refractivity contribution in [1.29, 1.82) is 0 Å². The molecule has 0 aromatic heterocycles. The predicted octanol–water partition coefficient (Wildman–Crippen LogP) is 2.85. The van der Waals surface area contributed by atoms with Gasteiger partial charge in [-0.1, -0.05) is 117 Å². The van der Waals surface area contributed by atoms with E-state index < -0.39 is 50.2 Å². The standard InChI is InChI=1S/3C8H19N.3Mo.6H2O.6O/c3*1-2-3-4-5-6-7-8-9;;;;;;;;;;;;;;;/h3*2-9H2,1H3;;;;6*1H2;;;;;;/q;;;3*+2;;;;;;;;;;;;/p-6. The zero-order valence-corrected chi connectivity index (χ0v) is 32.0. The van der Waals surface area contributed by atoms with Gasteiger partial charge in [0, 0.05) is 0 Å². The van der Waals surface area contributed by atoms with Crippen LogP contribution < -0.4 is 17.2 Å². The van der Waals surface area contributed by atoms with Gasteiger partial charge < -0.3 is 17.2 Å². The molecule has 0 aromatic rings. The average Bonchev–Trinajstić information content (AvgIpc) is 2.82. The fourth-order valence-corrected chi connectivity index (χ4v) is 2.77. The second-order valence-electron chi connectivity index (χ2n) is 9.01. The van der Waals surface area contributed by atoms with Gasteiger partial charge in [0.15, 0.2) is 0 Å². The fourth-order valence-electron chi connectivity index (χ4n) is 2.77. The Morgan fingerprint density at radius 1 is 0.333 bits per heavy atom. The monoisotopic (exact) mass is 879 g/mol. The van der Waals surface area contributed by atoms with Gasteiger partial charge in [-0.2, -0.15) is 0 Å². The van der Waals surface area contributed by atoms with Crippen molar-refractivity contribution in [2.45, 2.75) is 136 Å². The summed E-state index contributed by atoms with van der Waals surface area (Å²) in [6.07, 6.45) is 24.2. The molecule has 18 heteroatoms. The van der Waals surface area contributed by atoms with Gasteiger partial charge in [-0.25, -0.2) is 0 Å². The summed E-state index contributed by atoms with van der Waals surface area (Å²) in [6, 6.07) is 0. The van der Waals surface area contributed by atoms with Crippen LogP contribution in [0.5, 0.6) is 0 Å². The van der Waals surface area contributed by atoms with Gasteiger partial charge in [0.1, 0.15) is 0 Å².